The number of aromatic nitrogens is 2. The van der Waals surface area contributed by atoms with Gasteiger partial charge in [-0.05, 0) is 42.7 Å². The van der Waals surface area contributed by atoms with E-state index < -0.39 is 17.9 Å². The van der Waals surface area contributed by atoms with Gasteiger partial charge in [-0.25, -0.2) is 9.48 Å². The summed E-state index contributed by atoms with van der Waals surface area (Å²) in [4.78, 5) is 36.6. The van der Waals surface area contributed by atoms with Crippen LogP contribution in [-0.2, 0) is 4.79 Å². The fraction of sp³-hybridized carbons (Fsp3) is 0.308. The predicted molar refractivity (Wildman–Crippen MR) is 130 cm³/mol. The molecule has 0 aliphatic heterocycles. The zero-order valence-corrected chi connectivity index (χ0v) is 19.6. The third-order valence-electron chi connectivity index (χ3n) is 5.64. The molecule has 3 rings (SSSR count). The maximum atomic E-state index is 13.0. The van der Waals surface area contributed by atoms with Gasteiger partial charge in [-0.15, -0.1) is 0 Å². The lowest BCUT2D eigenvalue weighted by molar-refractivity contribution is -0.139. The number of carboxylic acid groups (broad SMARTS) is 1. The molecule has 8 heteroatoms. The summed E-state index contributed by atoms with van der Waals surface area (Å²) in [5, 5.41) is 19.3. The largest absolute Gasteiger partial charge is 0.480 e. The van der Waals surface area contributed by atoms with Crippen molar-refractivity contribution in [3.05, 3.63) is 71.9 Å². The van der Waals surface area contributed by atoms with Gasteiger partial charge in [-0.2, -0.15) is 5.10 Å². The maximum absolute atomic E-state index is 13.0. The lowest BCUT2D eigenvalue weighted by Crippen LogP contribution is -2.42. The van der Waals surface area contributed by atoms with Crippen molar-refractivity contribution in [3.8, 4) is 16.9 Å². The fourth-order valence-corrected chi connectivity index (χ4v) is 3.87. The topological polar surface area (TPSA) is 113 Å². The van der Waals surface area contributed by atoms with Crippen LogP contribution in [0.4, 0.5) is 0 Å². The second-order valence-corrected chi connectivity index (χ2v) is 8.31. The van der Waals surface area contributed by atoms with Crippen LogP contribution in [0.2, 0.25) is 0 Å². The first kappa shape index (κ1) is 24.7. The van der Waals surface area contributed by atoms with E-state index in [0.717, 1.165) is 18.4 Å². The summed E-state index contributed by atoms with van der Waals surface area (Å²) in [6.07, 6.45) is 2.19. The number of amides is 2. The van der Waals surface area contributed by atoms with E-state index >= 15 is 0 Å². The number of nitrogens with zero attached hydrogens (tertiary/aromatic N) is 2. The molecule has 2 atom stereocenters. The molecular formula is C26H30N4O4. The summed E-state index contributed by atoms with van der Waals surface area (Å²) in [6.45, 7) is 4.03. The van der Waals surface area contributed by atoms with E-state index in [-0.39, 0.29) is 17.5 Å². The first-order valence-electron chi connectivity index (χ1n) is 11.4. The van der Waals surface area contributed by atoms with Gasteiger partial charge in [0.1, 0.15) is 6.04 Å². The summed E-state index contributed by atoms with van der Waals surface area (Å²) in [7, 11) is 1.57. The fourth-order valence-electron chi connectivity index (χ4n) is 3.87. The number of nitrogens with one attached hydrogen (secondary N) is 2. The van der Waals surface area contributed by atoms with Gasteiger partial charge < -0.3 is 15.7 Å². The molecule has 34 heavy (non-hydrogen) atoms. The summed E-state index contributed by atoms with van der Waals surface area (Å²) in [6, 6.07) is 17.0. The molecule has 2 amide bonds. The van der Waals surface area contributed by atoms with Crippen LogP contribution >= 0.6 is 0 Å². The van der Waals surface area contributed by atoms with Crippen molar-refractivity contribution in [1.29, 1.82) is 0 Å². The number of rotatable bonds is 10. The van der Waals surface area contributed by atoms with Crippen molar-refractivity contribution < 1.29 is 19.5 Å². The summed E-state index contributed by atoms with van der Waals surface area (Å²) >= 11 is 0. The SMILES string of the molecule is CCCC(C)C[C@@H](NC(=O)c1cc(-c2ccccc2)n(-c2ccc(C(=O)NC)cc2)n1)C(=O)O. The first-order valence-corrected chi connectivity index (χ1v) is 11.4. The summed E-state index contributed by atoms with van der Waals surface area (Å²) < 4.78 is 1.62. The van der Waals surface area contributed by atoms with E-state index in [1.54, 1.807) is 42.1 Å². The number of benzene rings is 2. The van der Waals surface area contributed by atoms with E-state index in [9.17, 15) is 19.5 Å². The average molecular weight is 463 g/mol. The molecule has 1 unspecified atom stereocenters. The Hall–Kier alpha value is -3.94. The second kappa shape index (κ2) is 11.3. The number of hydrogen-bond donors (Lipinski definition) is 3. The predicted octanol–water partition coefficient (Wildman–Crippen LogP) is 3.91. The highest BCUT2D eigenvalue weighted by Crippen LogP contribution is 2.24. The van der Waals surface area contributed by atoms with Crippen LogP contribution < -0.4 is 10.6 Å². The Bertz CT molecular complexity index is 1140. The molecule has 178 valence electrons. The van der Waals surface area contributed by atoms with Crippen LogP contribution in [0.5, 0.6) is 0 Å². The van der Waals surface area contributed by atoms with Gasteiger partial charge in [0.15, 0.2) is 5.69 Å². The zero-order chi connectivity index (χ0) is 24.7. The van der Waals surface area contributed by atoms with Gasteiger partial charge in [0.25, 0.3) is 11.8 Å². The lowest BCUT2D eigenvalue weighted by Gasteiger charge is -2.18. The Kier molecular flexibility index (Phi) is 8.19. The van der Waals surface area contributed by atoms with Crippen LogP contribution in [0.25, 0.3) is 16.9 Å². The Labute approximate surface area is 199 Å². The molecule has 0 fully saturated rings. The molecule has 0 aliphatic carbocycles. The van der Waals surface area contributed by atoms with E-state index in [2.05, 4.69) is 15.7 Å². The highest BCUT2D eigenvalue weighted by Gasteiger charge is 2.25. The van der Waals surface area contributed by atoms with Gasteiger partial charge in [0.2, 0.25) is 0 Å². The van der Waals surface area contributed by atoms with Crippen LogP contribution in [0.1, 0.15) is 54.0 Å². The van der Waals surface area contributed by atoms with Gasteiger partial charge in [0.05, 0.1) is 11.4 Å². The third kappa shape index (κ3) is 5.89. The van der Waals surface area contributed by atoms with Gasteiger partial charge in [-0.1, -0.05) is 57.0 Å². The van der Waals surface area contributed by atoms with E-state index in [1.807, 2.05) is 44.2 Å². The summed E-state index contributed by atoms with van der Waals surface area (Å²) in [5.74, 6) is -1.65. The van der Waals surface area contributed by atoms with E-state index in [4.69, 9.17) is 0 Å². The number of hydrogen-bond acceptors (Lipinski definition) is 4. The molecule has 0 bridgehead atoms. The number of carbonyl (C=O) groups is 3. The normalized spacial score (nSPS) is 12.6. The third-order valence-corrected chi connectivity index (χ3v) is 5.64. The van der Waals surface area contributed by atoms with Crippen molar-refractivity contribution in [2.75, 3.05) is 7.05 Å². The maximum Gasteiger partial charge on any atom is 0.326 e. The Morgan fingerprint density at radius 2 is 1.71 bits per heavy atom. The molecule has 0 saturated heterocycles. The zero-order valence-electron chi connectivity index (χ0n) is 19.6. The standard InChI is InChI=1S/C26H30N4O4/c1-4-8-17(2)15-22(26(33)34)28-25(32)21-16-23(18-9-6-5-7-10-18)30(29-21)20-13-11-19(12-14-20)24(31)27-3/h5-7,9-14,16-17,22H,4,8,15H2,1-3H3,(H,27,31)(H,28,32)(H,33,34)/t17?,22-/m1/s1. The molecule has 1 heterocycles. The van der Waals surface area contributed by atoms with Crippen molar-refractivity contribution >= 4 is 17.8 Å². The monoisotopic (exact) mass is 462 g/mol. The highest BCUT2D eigenvalue weighted by molar-refractivity contribution is 5.96. The van der Waals surface area contributed by atoms with Crippen molar-refractivity contribution in [2.24, 2.45) is 5.92 Å². The van der Waals surface area contributed by atoms with Crippen LogP contribution in [0.15, 0.2) is 60.7 Å². The molecule has 3 aromatic rings. The van der Waals surface area contributed by atoms with Crippen molar-refractivity contribution in [1.82, 2.24) is 20.4 Å². The number of aliphatic carboxylic acids is 1. The smallest absolute Gasteiger partial charge is 0.326 e. The Morgan fingerprint density at radius 1 is 1.03 bits per heavy atom. The Morgan fingerprint density at radius 3 is 2.29 bits per heavy atom. The van der Waals surface area contributed by atoms with Crippen molar-refractivity contribution in [3.63, 3.8) is 0 Å². The van der Waals surface area contributed by atoms with Crippen LogP contribution in [-0.4, -0.2) is 45.8 Å². The molecule has 0 aliphatic rings. The average Bonchev–Trinajstić information content (AvgIpc) is 3.29. The second-order valence-electron chi connectivity index (χ2n) is 8.31. The molecule has 0 radical (unpaired) electrons. The lowest BCUT2D eigenvalue weighted by atomic mass is 9.97. The summed E-state index contributed by atoms with van der Waals surface area (Å²) in [5.41, 5.74) is 2.80. The highest BCUT2D eigenvalue weighted by atomic mass is 16.4. The van der Waals surface area contributed by atoms with E-state index in [0.29, 0.717) is 23.4 Å². The molecular weight excluding hydrogens is 432 g/mol. The molecule has 3 N–H and O–H groups in total. The Balaban J connectivity index is 1.94. The molecule has 2 aromatic carbocycles. The van der Waals surface area contributed by atoms with E-state index in [1.165, 1.54) is 0 Å². The molecule has 1 aromatic heterocycles. The minimum Gasteiger partial charge on any atom is -0.480 e. The minimum atomic E-state index is -1.07. The van der Waals surface area contributed by atoms with Crippen LogP contribution in [0, 0.1) is 5.92 Å². The molecule has 0 spiro atoms. The van der Waals surface area contributed by atoms with Crippen LogP contribution in [0.3, 0.4) is 0 Å². The first-order chi connectivity index (χ1) is 16.3. The van der Waals surface area contributed by atoms with Gasteiger partial charge in [0, 0.05) is 18.2 Å². The van der Waals surface area contributed by atoms with Crippen molar-refractivity contribution in [2.45, 2.75) is 39.2 Å². The quantitative estimate of drug-likeness (QED) is 0.423. The minimum absolute atomic E-state index is 0.114. The van der Waals surface area contributed by atoms with Gasteiger partial charge in [-0.3, -0.25) is 9.59 Å². The number of carbonyl (C=O) groups excluding carboxylic acids is 2. The number of carboxylic acids is 1. The van der Waals surface area contributed by atoms with Gasteiger partial charge >= 0.3 is 5.97 Å². The molecule has 0 saturated carbocycles. The molecule has 8 nitrogen and oxygen atoms in total.